The third-order valence-corrected chi connectivity index (χ3v) is 4.76. The van der Waals surface area contributed by atoms with Crippen LogP contribution in [0.1, 0.15) is 18.0 Å². The molecule has 7 nitrogen and oxygen atoms in total. The fourth-order valence-electron chi connectivity index (χ4n) is 3.28. The summed E-state index contributed by atoms with van der Waals surface area (Å²) in [4.78, 5) is 25.0. The van der Waals surface area contributed by atoms with Gasteiger partial charge in [-0.1, -0.05) is 42.0 Å². The van der Waals surface area contributed by atoms with Gasteiger partial charge in [0.05, 0.1) is 25.4 Å². The van der Waals surface area contributed by atoms with Crippen LogP contribution >= 0.6 is 0 Å². The van der Waals surface area contributed by atoms with Gasteiger partial charge >= 0.3 is 0 Å². The van der Waals surface area contributed by atoms with Gasteiger partial charge in [0.2, 0.25) is 5.91 Å². The summed E-state index contributed by atoms with van der Waals surface area (Å²) in [6.07, 6.45) is 1.69. The number of hydrogen-bond donors (Lipinski definition) is 2. The molecule has 1 aliphatic heterocycles. The molecule has 2 aromatic carbocycles. The highest BCUT2D eigenvalue weighted by Crippen LogP contribution is 2.36. The van der Waals surface area contributed by atoms with Crippen molar-refractivity contribution in [2.75, 3.05) is 17.7 Å². The molecule has 0 spiro atoms. The van der Waals surface area contributed by atoms with Crippen molar-refractivity contribution in [3.8, 4) is 16.9 Å². The smallest absolute Gasteiger partial charge is 0.251 e. The van der Waals surface area contributed by atoms with Crippen molar-refractivity contribution >= 4 is 23.3 Å². The van der Waals surface area contributed by atoms with Gasteiger partial charge in [-0.2, -0.15) is 5.10 Å². The predicted molar refractivity (Wildman–Crippen MR) is 106 cm³/mol. The molecule has 0 bridgehead atoms. The van der Waals surface area contributed by atoms with Crippen LogP contribution in [0.3, 0.4) is 0 Å². The number of para-hydroxylation sites is 2. The molecule has 1 atom stereocenters. The summed E-state index contributed by atoms with van der Waals surface area (Å²) in [7, 11) is 1.54. The molecule has 0 saturated heterocycles. The molecule has 4 rings (SSSR count). The van der Waals surface area contributed by atoms with Crippen LogP contribution in [0.25, 0.3) is 11.1 Å². The Morgan fingerprint density at radius 1 is 1.21 bits per heavy atom. The Morgan fingerprint density at radius 2 is 1.96 bits per heavy atom. The maximum Gasteiger partial charge on any atom is 0.251 e. The minimum absolute atomic E-state index is 0.0219. The Bertz CT molecular complexity index is 1040. The van der Waals surface area contributed by atoms with E-state index in [4.69, 9.17) is 4.74 Å². The van der Waals surface area contributed by atoms with E-state index >= 15 is 0 Å². The Hall–Kier alpha value is -3.61. The number of hydrogen-bond acceptors (Lipinski definition) is 4. The second-order valence-corrected chi connectivity index (χ2v) is 6.68. The number of aromatic nitrogens is 2. The average molecular weight is 376 g/mol. The number of benzene rings is 2. The lowest BCUT2D eigenvalue weighted by atomic mass is 10.1. The van der Waals surface area contributed by atoms with Gasteiger partial charge in [-0.15, -0.1) is 0 Å². The van der Waals surface area contributed by atoms with Gasteiger partial charge in [-0.05, 0) is 24.6 Å². The highest BCUT2D eigenvalue weighted by molar-refractivity contribution is 6.04. The number of nitrogens with zero attached hydrogens (tertiary/aromatic N) is 2. The third-order valence-electron chi connectivity index (χ3n) is 4.76. The molecule has 28 heavy (non-hydrogen) atoms. The summed E-state index contributed by atoms with van der Waals surface area (Å²) in [6, 6.07) is 14.4. The first kappa shape index (κ1) is 17.8. The number of methoxy groups -OCH3 is 1. The first-order valence-electron chi connectivity index (χ1n) is 8.95. The van der Waals surface area contributed by atoms with Crippen LogP contribution in [0.15, 0.2) is 54.7 Å². The van der Waals surface area contributed by atoms with Crippen molar-refractivity contribution in [1.82, 2.24) is 9.78 Å². The molecule has 0 fully saturated rings. The summed E-state index contributed by atoms with van der Waals surface area (Å²) < 4.78 is 6.83. The fraction of sp³-hybridized carbons (Fsp3) is 0.190. The Kier molecular flexibility index (Phi) is 4.57. The molecule has 0 aliphatic carbocycles. The standard InChI is InChI=1S/C21H20N4O3/c1-13-7-9-14(10-8-13)15-12-22-25-17(21(27)24-20(15)25)11-19(26)23-16-5-3-4-6-18(16)28-2/h3-10,12,17H,11H2,1-2H3,(H,23,26)(H,24,27). The third kappa shape index (κ3) is 3.22. The lowest BCUT2D eigenvalue weighted by Crippen LogP contribution is -2.23. The van der Waals surface area contributed by atoms with E-state index in [0.29, 0.717) is 17.3 Å². The number of aryl methyl sites for hydroxylation is 1. The summed E-state index contributed by atoms with van der Waals surface area (Å²) in [5, 5.41) is 10.0. The van der Waals surface area contributed by atoms with Gasteiger partial charge in [0, 0.05) is 5.56 Å². The van der Waals surface area contributed by atoms with Crippen LogP contribution < -0.4 is 15.4 Å². The maximum atomic E-state index is 12.5. The van der Waals surface area contributed by atoms with Crippen molar-refractivity contribution in [1.29, 1.82) is 0 Å². The summed E-state index contributed by atoms with van der Waals surface area (Å²) in [5.74, 6) is 0.647. The quantitative estimate of drug-likeness (QED) is 0.715. The lowest BCUT2D eigenvalue weighted by molar-refractivity contribution is -0.123. The first-order valence-corrected chi connectivity index (χ1v) is 8.95. The molecule has 1 aromatic heterocycles. The van der Waals surface area contributed by atoms with Gasteiger partial charge < -0.3 is 15.4 Å². The fourth-order valence-corrected chi connectivity index (χ4v) is 3.28. The normalized spacial score (nSPS) is 15.1. The molecular formula is C21H20N4O3. The number of ether oxygens (including phenoxy) is 1. The number of carbonyl (C=O) groups excluding carboxylic acids is 2. The SMILES string of the molecule is COc1ccccc1NC(=O)CC1C(=O)Nc2c(-c3ccc(C)cc3)cnn21. The Morgan fingerprint density at radius 3 is 2.71 bits per heavy atom. The number of nitrogens with one attached hydrogen (secondary N) is 2. The van der Waals surface area contributed by atoms with E-state index in [1.807, 2.05) is 37.3 Å². The van der Waals surface area contributed by atoms with E-state index in [1.165, 1.54) is 7.11 Å². The van der Waals surface area contributed by atoms with Crippen LogP contribution in [0.4, 0.5) is 11.5 Å². The second kappa shape index (κ2) is 7.19. The van der Waals surface area contributed by atoms with E-state index in [0.717, 1.165) is 16.7 Å². The van der Waals surface area contributed by atoms with Crippen molar-refractivity contribution in [3.05, 3.63) is 60.3 Å². The van der Waals surface area contributed by atoms with Gasteiger partial charge in [0.15, 0.2) is 0 Å². The highest BCUT2D eigenvalue weighted by atomic mass is 16.5. The minimum atomic E-state index is -0.691. The molecule has 7 heteroatoms. The molecular weight excluding hydrogens is 356 g/mol. The van der Waals surface area contributed by atoms with E-state index < -0.39 is 6.04 Å². The number of anilines is 2. The number of fused-ring (bicyclic) bond motifs is 1. The molecule has 2 N–H and O–H groups in total. The zero-order valence-electron chi connectivity index (χ0n) is 15.6. The Balaban J connectivity index is 1.54. The zero-order chi connectivity index (χ0) is 19.7. The zero-order valence-corrected chi connectivity index (χ0v) is 15.6. The molecule has 1 aliphatic rings. The van der Waals surface area contributed by atoms with Crippen LogP contribution in [0.2, 0.25) is 0 Å². The van der Waals surface area contributed by atoms with E-state index in [9.17, 15) is 9.59 Å². The number of amides is 2. The minimum Gasteiger partial charge on any atom is -0.495 e. The first-order chi connectivity index (χ1) is 13.6. The lowest BCUT2D eigenvalue weighted by Gasteiger charge is -2.12. The molecule has 1 unspecified atom stereocenters. The summed E-state index contributed by atoms with van der Waals surface area (Å²) >= 11 is 0. The van der Waals surface area contributed by atoms with Crippen LogP contribution in [-0.2, 0) is 9.59 Å². The second-order valence-electron chi connectivity index (χ2n) is 6.68. The van der Waals surface area contributed by atoms with E-state index in [1.54, 1.807) is 29.1 Å². The average Bonchev–Trinajstić information content (AvgIpc) is 3.22. The van der Waals surface area contributed by atoms with Crippen molar-refractivity contribution in [3.63, 3.8) is 0 Å². The molecule has 3 aromatic rings. The van der Waals surface area contributed by atoms with Crippen LogP contribution in [0, 0.1) is 6.92 Å². The predicted octanol–water partition coefficient (Wildman–Crippen LogP) is 3.39. The molecule has 2 amide bonds. The van der Waals surface area contributed by atoms with Crippen LogP contribution in [0.5, 0.6) is 5.75 Å². The van der Waals surface area contributed by atoms with Crippen LogP contribution in [-0.4, -0.2) is 28.7 Å². The maximum absolute atomic E-state index is 12.5. The number of carbonyl (C=O) groups is 2. The molecule has 2 heterocycles. The van der Waals surface area contributed by atoms with Crippen molar-refractivity contribution in [2.24, 2.45) is 0 Å². The van der Waals surface area contributed by atoms with Gasteiger partial charge in [-0.25, -0.2) is 4.68 Å². The highest BCUT2D eigenvalue weighted by Gasteiger charge is 2.35. The number of rotatable bonds is 5. The molecule has 0 radical (unpaired) electrons. The molecule has 142 valence electrons. The van der Waals surface area contributed by atoms with Crippen molar-refractivity contribution < 1.29 is 14.3 Å². The van der Waals surface area contributed by atoms with E-state index in [2.05, 4.69) is 15.7 Å². The van der Waals surface area contributed by atoms with Gasteiger partial charge in [0.1, 0.15) is 17.6 Å². The summed E-state index contributed by atoms with van der Waals surface area (Å²) in [6.45, 7) is 2.02. The molecule has 0 saturated carbocycles. The Labute approximate surface area is 162 Å². The summed E-state index contributed by atoms with van der Waals surface area (Å²) in [5.41, 5.74) is 3.52. The topological polar surface area (TPSA) is 85.2 Å². The van der Waals surface area contributed by atoms with Gasteiger partial charge in [0.25, 0.3) is 5.91 Å². The largest absolute Gasteiger partial charge is 0.495 e. The van der Waals surface area contributed by atoms with Gasteiger partial charge in [-0.3, -0.25) is 9.59 Å². The monoisotopic (exact) mass is 376 g/mol. The van der Waals surface area contributed by atoms with Crippen molar-refractivity contribution in [2.45, 2.75) is 19.4 Å². The van der Waals surface area contributed by atoms with E-state index in [-0.39, 0.29) is 18.2 Å².